The van der Waals surface area contributed by atoms with Crippen molar-refractivity contribution < 1.29 is 14.6 Å². The molecule has 0 aromatic heterocycles. The van der Waals surface area contributed by atoms with Crippen molar-refractivity contribution >= 4 is 52.7 Å². The fraction of sp³-hybridized carbons (Fsp3) is 0.0667. The van der Waals surface area contributed by atoms with Crippen LogP contribution < -0.4 is 4.74 Å². The number of ether oxygens (including phenoxy) is 1. The average Bonchev–Trinajstić information content (AvgIpc) is 2.47. The molecule has 0 unspecified atom stereocenters. The summed E-state index contributed by atoms with van der Waals surface area (Å²) in [6.07, 6.45) is 1.60. The van der Waals surface area contributed by atoms with Crippen LogP contribution in [0, 0.1) is 0 Å². The van der Waals surface area contributed by atoms with Gasteiger partial charge in [-0.2, -0.15) is 0 Å². The Bertz CT molecular complexity index is 732. The molecule has 0 spiro atoms. The lowest BCUT2D eigenvalue weighted by Crippen LogP contribution is -2.09. The van der Waals surface area contributed by atoms with Gasteiger partial charge in [-0.3, -0.25) is 4.99 Å². The highest BCUT2D eigenvalue weighted by Gasteiger charge is 2.05. The number of carbonyl (C=O) groups is 1. The van der Waals surface area contributed by atoms with E-state index in [0.29, 0.717) is 26.5 Å². The van der Waals surface area contributed by atoms with Crippen LogP contribution in [0.5, 0.6) is 5.75 Å². The molecule has 0 saturated carbocycles. The lowest BCUT2D eigenvalue weighted by atomic mass is 10.2. The zero-order valence-electron chi connectivity index (χ0n) is 11.1. The van der Waals surface area contributed by atoms with E-state index in [4.69, 9.17) is 44.6 Å². The van der Waals surface area contributed by atoms with Gasteiger partial charge in [0.05, 0.1) is 20.8 Å². The highest BCUT2D eigenvalue weighted by atomic mass is 35.5. The summed E-state index contributed by atoms with van der Waals surface area (Å²) >= 11 is 17.8. The van der Waals surface area contributed by atoms with Gasteiger partial charge in [-0.15, -0.1) is 0 Å². The molecule has 114 valence electrons. The van der Waals surface area contributed by atoms with E-state index in [-0.39, 0.29) is 0 Å². The lowest BCUT2D eigenvalue weighted by molar-refractivity contribution is -0.139. The monoisotopic (exact) mass is 357 g/mol. The van der Waals surface area contributed by atoms with Crippen molar-refractivity contribution in [2.75, 3.05) is 6.61 Å². The molecular weight excluding hydrogens is 349 g/mol. The Hall–Kier alpha value is -1.75. The van der Waals surface area contributed by atoms with Crippen molar-refractivity contribution in [3.05, 3.63) is 57.0 Å². The number of nitrogens with zero attached hydrogens (tertiary/aromatic N) is 1. The molecule has 1 N–H and O–H groups in total. The Kier molecular flexibility index (Phi) is 5.66. The molecule has 0 aliphatic heterocycles. The summed E-state index contributed by atoms with van der Waals surface area (Å²) in [7, 11) is 0. The maximum absolute atomic E-state index is 10.5. The molecule has 2 aromatic rings. The molecule has 2 rings (SSSR count). The van der Waals surface area contributed by atoms with Gasteiger partial charge in [0.25, 0.3) is 0 Å². The quantitative estimate of drug-likeness (QED) is 0.776. The highest BCUT2D eigenvalue weighted by molar-refractivity contribution is 6.42. The molecule has 0 radical (unpaired) electrons. The number of benzene rings is 2. The number of rotatable bonds is 5. The van der Waals surface area contributed by atoms with Crippen LogP contribution in [0.3, 0.4) is 0 Å². The Morgan fingerprint density at radius 3 is 2.50 bits per heavy atom. The summed E-state index contributed by atoms with van der Waals surface area (Å²) in [5.74, 6) is -0.767. The van der Waals surface area contributed by atoms with E-state index in [1.807, 2.05) is 0 Å². The standard InChI is InChI=1S/C15H10Cl3NO3/c16-11-3-2-10(6-12(11)17)19-7-9-1-4-14(13(18)5-9)22-8-15(20)21/h1-7H,8H2,(H,20,21). The average molecular weight is 359 g/mol. The minimum absolute atomic E-state index is 0.302. The SMILES string of the molecule is O=C(O)COc1ccc(C=Nc2ccc(Cl)c(Cl)c2)cc1Cl. The van der Waals surface area contributed by atoms with E-state index in [1.54, 1.807) is 42.6 Å². The van der Waals surface area contributed by atoms with Crippen LogP contribution in [0.1, 0.15) is 5.56 Å². The van der Waals surface area contributed by atoms with Gasteiger partial charge in [0.15, 0.2) is 6.61 Å². The molecule has 0 bridgehead atoms. The van der Waals surface area contributed by atoms with E-state index >= 15 is 0 Å². The summed E-state index contributed by atoms with van der Waals surface area (Å²) in [5, 5.41) is 9.75. The molecule has 22 heavy (non-hydrogen) atoms. The molecule has 0 saturated heterocycles. The second-order valence-electron chi connectivity index (χ2n) is 4.23. The Morgan fingerprint density at radius 2 is 1.86 bits per heavy atom. The Labute approximate surface area is 141 Å². The number of aliphatic imine (C=N–C) groups is 1. The van der Waals surface area contributed by atoms with Crippen LogP contribution in [0.2, 0.25) is 15.1 Å². The predicted molar refractivity (Wildman–Crippen MR) is 88.3 cm³/mol. The van der Waals surface area contributed by atoms with Gasteiger partial charge in [-0.05, 0) is 42.0 Å². The van der Waals surface area contributed by atoms with Crippen LogP contribution >= 0.6 is 34.8 Å². The van der Waals surface area contributed by atoms with Gasteiger partial charge in [-0.1, -0.05) is 34.8 Å². The van der Waals surface area contributed by atoms with Crippen molar-refractivity contribution in [3.8, 4) is 5.75 Å². The van der Waals surface area contributed by atoms with E-state index in [0.717, 1.165) is 5.56 Å². The van der Waals surface area contributed by atoms with Crippen molar-refractivity contribution in [3.63, 3.8) is 0 Å². The first-order valence-corrected chi connectivity index (χ1v) is 7.22. The molecule has 0 heterocycles. The number of halogens is 3. The topological polar surface area (TPSA) is 58.9 Å². The number of carboxylic acid groups (broad SMARTS) is 1. The van der Waals surface area contributed by atoms with Gasteiger partial charge >= 0.3 is 5.97 Å². The maximum Gasteiger partial charge on any atom is 0.341 e. The van der Waals surface area contributed by atoms with E-state index in [9.17, 15) is 4.79 Å². The number of carboxylic acids is 1. The molecule has 7 heteroatoms. The van der Waals surface area contributed by atoms with E-state index in [2.05, 4.69) is 4.99 Å². The lowest BCUT2D eigenvalue weighted by Gasteiger charge is -2.05. The Balaban J connectivity index is 2.12. The molecule has 0 aliphatic rings. The van der Waals surface area contributed by atoms with E-state index in [1.165, 1.54) is 0 Å². The van der Waals surface area contributed by atoms with Crippen LogP contribution in [0.4, 0.5) is 5.69 Å². The largest absolute Gasteiger partial charge is 0.480 e. The number of hydrogen-bond donors (Lipinski definition) is 1. The van der Waals surface area contributed by atoms with Gasteiger partial charge in [0.1, 0.15) is 5.75 Å². The minimum Gasteiger partial charge on any atom is -0.480 e. The molecule has 0 atom stereocenters. The molecule has 0 fully saturated rings. The zero-order chi connectivity index (χ0) is 16.1. The zero-order valence-corrected chi connectivity index (χ0v) is 13.4. The first-order valence-electron chi connectivity index (χ1n) is 6.09. The summed E-state index contributed by atoms with van der Waals surface area (Å²) < 4.78 is 5.04. The third-order valence-corrected chi connectivity index (χ3v) is 3.61. The summed E-state index contributed by atoms with van der Waals surface area (Å²) in [6, 6.07) is 9.96. The normalized spacial score (nSPS) is 10.9. The van der Waals surface area contributed by atoms with Crippen molar-refractivity contribution in [2.45, 2.75) is 0 Å². The van der Waals surface area contributed by atoms with Crippen molar-refractivity contribution in [1.82, 2.24) is 0 Å². The van der Waals surface area contributed by atoms with E-state index < -0.39 is 12.6 Å². The second kappa shape index (κ2) is 7.49. The Morgan fingerprint density at radius 1 is 1.09 bits per heavy atom. The molecule has 0 aliphatic carbocycles. The molecular formula is C15H10Cl3NO3. The number of aliphatic carboxylic acids is 1. The molecule has 2 aromatic carbocycles. The third kappa shape index (κ3) is 4.63. The number of hydrogen-bond acceptors (Lipinski definition) is 3. The van der Waals surface area contributed by atoms with Gasteiger partial charge in [-0.25, -0.2) is 4.79 Å². The fourth-order valence-electron chi connectivity index (χ4n) is 1.57. The summed E-state index contributed by atoms with van der Waals surface area (Å²) in [4.78, 5) is 14.7. The van der Waals surface area contributed by atoms with Crippen LogP contribution in [-0.2, 0) is 4.79 Å². The van der Waals surface area contributed by atoms with Crippen LogP contribution in [-0.4, -0.2) is 23.9 Å². The minimum atomic E-state index is -1.07. The van der Waals surface area contributed by atoms with Gasteiger partial charge < -0.3 is 9.84 Å². The van der Waals surface area contributed by atoms with Gasteiger partial charge in [0, 0.05) is 6.21 Å². The smallest absolute Gasteiger partial charge is 0.341 e. The van der Waals surface area contributed by atoms with Crippen LogP contribution in [0.15, 0.2) is 41.4 Å². The predicted octanol–water partition coefficient (Wildman–Crippen LogP) is 4.86. The highest BCUT2D eigenvalue weighted by Crippen LogP contribution is 2.27. The van der Waals surface area contributed by atoms with Crippen molar-refractivity contribution in [1.29, 1.82) is 0 Å². The summed E-state index contributed by atoms with van der Waals surface area (Å²) in [6.45, 7) is -0.448. The molecule has 0 amide bonds. The van der Waals surface area contributed by atoms with Gasteiger partial charge in [0.2, 0.25) is 0 Å². The van der Waals surface area contributed by atoms with Crippen molar-refractivity contribution in [2.24, 2.45) is 4.99 Å². The maximum atomic E-state index is 10.5. The molecule has 4 nitrogen and oxygen atoms in total. The third-order valence-electron chi connectivity index (χ3n) is 2.57. The first-order chi connectivity index (χ1) is 10.5. The summed E-state index contributed by atoms with van der Waals surface area (Å²) in [5.41, 5.74) is 1.38. The fourth-order valence-corrected chi connectivity index (χ4v) is 2.10. The van der Waals surface area contributed by atoms with Crippen LogP contribution in [0.25, 0.3) is 0 Å². The second-order valence-corrected chi connectivity index (χ2v) is 5.45. The first kappa shape index (κ1) is 16.6.